The van der Waals surface area contributed by atoms with Crippen LogP contribution in [0.1, 0.15) is 24.0 Å². The zero-order valence-corrected chi connectivity index (χ0v) is 17.9. The van der Waals surface area contributed by atoms with Gasteiger partial charge in [0, 0.05) is 44.5 Å². The van der Waals surface area contributed by atoms with E-state index >= 15 is 0 Å². The Labute approximate surface area is 178 Å². The second-order valence-corrected chi connectivity index (χ2v) is 8.18. The number of amides is 2. The first-order chi connectivity index (χ1) is 14.7. The molecule has 2 aromatic carbocycles. The van der Waals surface area contributed by atoms with Gasteiger partial charge >= 0.3 is 6.03 Å². The van der Waals surface area contributed by atoms with Crippen molar-refractivity contribution < 1.29 is 14.3 Å². The number of fused-ring (bicyclic) bond motifs is 1. The number of ether oxygens (including phenoxy) is 2. The molecule has 0 unspecified atom stereocenters. The quantitative estimate of drug-likeness (QED) is 0.811. The van der Waals surface area contributed by atoms with Crippen molar-refractivity contribution in [1.29, 1.82) is 0 Å². The van der Waals surface area contributed by atoms with Crippen molar-refractivity contribution in [2.45, 2.75) is 25.8 Å². The fourth-order valence-electron chi connectivity index (χ4n) is 4.51. The molecule has 0 radical (unpaired) electrons. The van der Waals surface area contributed by atoms with Gasteiger partial charge in [-0.15, -0.1) is 0 Å². The number of benzene rings is 2. The summed E-state index contributed by atoms with van der Waals surface area (Å²) in [5, 5.41) is 2.99. The van der Waals surface area contributed by atoms with Crippen molar-refractivity contribution in [3.63, 3.8) is 0 Å². The van der Waals surface area contributed by atoms with Crippen LogP contribution in [0.5, 0.6) is 11.5 Å². The van der Waals surface area contributed by atoms with Crippen LogP contribution in [0.2, 0.25) is 0 Å². The molecule has 6 nitrogen and oxygen atoms in total. The standard InChI is InChI=1S/C24H31N3O3/c1-29-22-8-7-21(15-23(22)30-2)25-24(28)27-13-9-18(10-14-27)16-26-12-11-19-5-3-4-6-20(19)17-26/h3-8,15,18H,9-14,16-17H2,1-2H3,(H,25,28). The molecule has 0 aliphatic carbocycles. The number of carbonyl (C=O) groups is 1. The van der Waals surface area contributed by atoms with Crippen molar-refractivity contribution in [1.82, 2.24) is 9.80 Å². The van der Waals surface area contributed by atoms with Gasteiger partial charge in [0.1, 0.15) is 0 Å². The van der Waals surface area contributed by atoms with Gasteiger partial charge < -0.3 is 19.7 Å². The van der Waals surface area contributed by atoms with Gasteiger partial charge in [0.2, 0.25) is 0 Å². The van der Waals surface area contributed by atoms with Crippen LogP contribution in [0.4, 0.5) is 10.5 Å². The van der Waals surface area contributed by atoms with E-state index in [1.165, 1.54) is 11.1 Å². The zero-order valence-electron chi connectivity index (χ0n) is 17.9. The molecule has 1 saturated heterocycles. The summed E-state index contributed by atoms with van der Waals surface area (Å²) in [6.07, 6.45) is 3.25. The third-order valence-corrected chi connectivity index (χ3v) is 6.26. The van der Waals surface area contributed by atoms with E-state index in [1.807, 2.05) is 11.0 Å². The maximum Gasteiger partial charge on any atom is 0.321 e. The van der Waals surface area contributed by atoms with Gasteiger partial charge in [-0.3, -0.25) is 4.90 Å². The summed E-state index contributed by atoms with van der Waals surface area (Å²) in [5.74, 6) is 1.91. The summed E-state index contributed by atoms with van der Waals surface area (Å²) in [4.78, 5) is 17.2. The average Bonchev–Trinajstić information content (AvgIpc) is 2.79. The molecule has 2 amide bonds. The molecule has 1 N–H and O–H groups in total. The predicted octanol–water partition coefficient (Wildman–Crippen LogP) is 4.01. The van der Waals surface area contributed by atoms with Crippen LogP contribution in [0.15, 0.2) is 42.5 Å². The zero-order chi connectivity index (χ0) is 20.9. The highest BCUT2D eigenvalue weighted by Crippen LogP contribution is 2.30. The lowest BCUT2D eigenvalue weighted by Gasteiger charge is -2.36. The van der Waals surface area contributed by atoms with Crippen molar-refractivity contribution in [3.05, 3.63) is 53.6 Å². The molecule has 0 saturated carbocycles. The van der Waals surface area contributed by atoms with Crippen molar-refractivity contribution in [2.75, 3.05) is 45.7 Å². The number of likely N-dealkylation sites (tertiary alicyclic amines) is 1. The Balaban J connectivity index is 1.26. The van der Waals surface area contributed by atoms with Gasteiger partial charge in [0.05, 0.1) is 14.2 Å². The Morgan fingerprint density at radius 1 is 1.00 bits per heavy atom. The number of anilines is 1. The molecule has 2 aliphatic heterocycles. The van der Waals surface area contributed by atoms with E-state index in [1.54, 1.807) is 26.4 Å². The molecule has 30 heavy (non-hydrogen) atoms. The lowest BCUT2D eigenvalue weighted by molar-refractivity contribution is 0.147. The van der Waals surface area contributed by atoms with E-state index in [9.17, 15) is 4.79 Å². The first kappa shape index (κ1) is 20.5. The minimum absolute atomic E-state index is 0.0485. The smallest absolute Gasteiger partial charge is 0.321 e. The third-order valence-electron chi connectivity index (χ3n) is 6.26. The summed E-state index contributed by atoms with van der Waals surface area (Å²) in [5.41, 5.74) is 3.68. The third kappa shape index (κ3) is 4.70. The van der Waals surface area contributed by atoms with Crippen molar-refractivity contribution in [3.8, 4) is 11.5 Å². The molecule has 0 bridgehead atoms. The first-order valence-electron chi connectivity index (χ1n) is 10.7. The fraction of sp³-hybridized carbons (Fsp3) is 0.458. The number of urea groups is 1. The molecule has 2 aliphatic rings. The maximum absolute atomic E-state index is 12.7. The summed E-state index contributed by atoms with van der Waals surface area (Å²) in [6, 6.07) is 14.2. The van der Waals surface area contributed by atoms with Crippen LogP contribution in [0, 0.1) is 5.92 Å². The van der Waals surface area contributed by atoms with Gasteiger partial charge in [-0.1, -0.05) is 24.3 Å². The number of rotatable bonds is 5. The number of methoxy groups -OCH3 is 2. The molecule has 0 atom stereocenters. The summed E-state index contributed by atoms with van der Waals surface area (Å²) < 4.78 is 10.6. The van der Waals surface area contributed by atoms with Crippen LogP contribution in [0.25, 0.3) is 0 Å². The normalized spacial score (nSPS) is 17.3. The summed E-state index contributed by atoms with van der Waals surface area (Å²) in [7, 11) is 3.19. The van der Waals surface area contributed by atoms with E-state index in [0.29, 0.717) is 23.1 Å². The summed E-state index contributed by atoms with van der Waals surface area (Å²) in [6.45, 7) is 4.91. The van der Waals surface area contributed by atoms with Crippen LogP contribution in [-0.2, 0) is 13.0 Å². The number of nitrogens with one attached hydrogen (secondary N) is 1. The van der Waals surface area contributed by atoms with Crippen LogP contribution < -0.4 is 14.8 Å². The van der Waals surface area contributed by atoms with Gasteiger partial charge in [-0.05, 0) is 48.4 Å². The van der Waals surface area contributed by atoms with Crippen LogP contribution in [-0.4, -0.2) is 56.2 Å². The molecule has 1 fully saturated rings. The number of nitrogens with zero attached hydrogens (tertiary/aromatic N) is 2. The van der Waals surface area contributed by atoms with Gasteiger partial charge in [-0.25, -0.2) is 4.79 Å². The lowest BCUT2D eigenvalue weighted by Crippen LogP contribution is -2.44. The highest BCUT2D eigenvalue weighted by molar-refractivity contribution is 5.89. The Kier molecular flexibility index (Phi) is 6.43. The van der Waals surface area contributed by atoms with E-state index in [0.717, 1.165) is 52.0 Å². The lowest BCUT2D eigenvalue weighted by atomic mass is 9.94. The SMILES string of the molecule is COc1ccc(NC(=O)N2CCC(CN3CCc4ccccc4C3)CC2)cc1OC. The highest BCUT2D eigenvalue weighted by Gasteiger charge is 2.26. The van der Waals surface area contributed by atoms with E-state index in [-0.39, 0.29) is 6.03 Å². The van der Waals surface area contributed by atoms with Gasteiger partial charge in [0.15, 0.2) is 11.5 Å². The van der Waals surface area contributed by atoms with Gasteiger partial charge in [0.25, 0.3) is 0 Å². The molecular weight excluding hydrogens is 378 g/mol. The average molecular weight is 410 g/mol. The topological polar surface area (TPSA) is 54.0 Å². The predicted molar refractivity (Wildman–Crippen MR) is 118 cm³/mol. The van der Waals surface area contributed by atoms with Crippen LogP contribution >= 0.6 is 0 Å². The van der Waals surface area contributed by atoms with Gasteiger partial charge in [-0.2, -0.15) is 0 Å². The minimum atomic E-state index is -0.0485. The number of piperidine rings is 1. The van der Waals surface area contributed by atoms with Crippen LogP contribution in [0.3, 0.4) is 0 Å². The molecule has 0 spiro atoms. The van der Waals surface area contributed by atoms with E-state index in [4.69, 9.17) is 9.47 Å². The first-order valence-corrected chi connectivity index (χ1v) is 10.7. The number of carbonyl (C=O) groups excluding carboxylic acids is 1. The molecule has 0 aromatic heterocycles. The Hall–Kier alpha value is -2.73. The molecule has 2 aromatic rings. The van der Waals surface area contributed by atoms with E-state index in [2.05, 4.69) is 34.5 Å². The Morgan fingerprint density at radius 2 is 1.73 bits per heavy atom. The Bertz CT molecular complexity index is 878. The number of hydrogen-bond acceptors (Lipinski definition) is 4. The van der Waals surface area contributed by atoms with Crippen molar-refractivity contribution >= 4 is 11.7 Å². The second kappa shape index (κ2) is 9.39. The molecule has 160 valence electrons. The minimum Gasteiger partial charge on any atom is -0.493 e. The largest absolute Gasteiger partial charge is 0.493 e. The molecule has 2 heterocycles. The molecule has 4 rings (SSSR count). The van der Waals surface area contributed by atoms with Crippen molar-refractivity contribution in [2.24, 2.45) is 5.92 Å². The Morgan fingerprint density at radius 3 is 2.47 bits per heavy atom. The van der Waals surface area contributed by atoms with E-state index < -0.39 is 0 Å². The second-order valence-electron chi connectivity index (χ2n) is 8.18. The summed E-state index contributed by atoms with van der Waals surface area (Å²) >= 11 is 0. The molecular formula is C24H31N3O3. The highest BCUT2D eigenvalue weighted by atomic mass is 16.5. The fourth-order valence-corrected chi connectivity index (χ4v) is 4.51. The monoisotopic (exact) mass is 409 g/mol. The molecule has 6 heteroatoms. The number of hydrogen-bond donors (Lipinski definition) is 1. The maximum atomic E-state index is 12.7.